The molecule has 0 bridgehead atoms. The molecule has 0 aliphatic carbocycles. The second kappa shape index (κ2) is 5.87. The molecule has 3 rings (SSSR count). The van der Waals surface area contributed by atoms with E-state index in [0.717, 1.165) is 16.6 Å². The van der Waals surface area contributed by atoms with E-state index in [2.05, 4.69) is 42.4 Å². The summed E-state index contributed by atoms with van der Waals surface area (Å²) in [5, 5.41) is 13.9. The fraction of sp³-hybridized carbons (Fsp3) is 0.158. The van der Waals surface area contributed by atoms with E-state index in [1.165, 1.54) is 11.1 Å². The van der Waals surface area contributed by atoms with Crippen LogP contribution in [0.1, 0.15) is 29.7 Å². The van der Waals surface area contributed by atoms with Crippen LogP contribution in [0.25, 0.3) is 10.9 Å². The maximum absolute atomic E-state index is 9.39. The van der Waals surface area contributed by atoms with Crippen molar-refractivity contribution < 1.29 is 0 Å². The van der Waals surface area contributed by atoms with Crippen molar-refractivity contribution in [2.24, 2.45) is 0 Å². The van der Waals surface area contributed by atoms with Crippen molar-refractivity contribution >= 4 is 16.6 Å². The molecule has 0 amide bonds. The Bertz CT molecular complexity index is 862. The minimum Gasteiger partial charge on any atom is -0.377 e. The van der Waals surface area contributed by atoms with Gasteiger partial charge in [-0.3, -0.25) is 4.98 Å². The van der Waals surface area contributed by atoms with Gasteiger partial charge in [-0.25, -0.2) is 0 Å². The van der Waals surface area contributed by atoms with Gasteiger partial charge in [0.2, 0.25) is 0 Å². The molecule has 108 valence electrons. The first-order valence-corrected chi connectivity index (χ1v) is 7.30. The summed E-state index contributed by atoms with van der Waals surface area (Å²) in [6, 6.07) is 18.5. The molecule has 2 aromatic carbocycles. The van der Waals surface area contributed by atoms with Crippen LogP contribution < -0.4 is 5.32 Å². The number of nitrogens with zero attached hydrogens (tertiary/aromatic N) is 2. The summed E-state index contributed by atoms with van der Waals surface area (Å²) in [5.74, 6) is 0. The van der Waals surface area contributed by atoms with E-state index in [0.29, 0.717) is 5.56 Å². The Morgan fingerprint density at radius 3 is 2.59 bits per heavy atom. The van der Waals surface area contributed by atoms with E-state index in [1.807, 2.05) is 36.4 Å². The third-order valence-electron chi connectivity index (χ3n) is 3.91. The molecule has 1 atom stereocenters. The number of benzene rings is 2. The van der Waals surface area contributed by atoms with E-state index in [1.54, 1.807) is 6.20 Å². The van der Waals surface area contributed by atoms with E-state index in [9.17, 15) is 5.26 Å². The molecule has 0 saturated carbocycles. The zero-order chi connectivity index (χ0) is 15.5. The van der Waals surface area contributed by atoms with E-state index in [-0.39, 0.29) is 6.04 Å². The molecule has 0 saturated heterocycles. The molecule has 0 fully saturated rings. The largest absolute Gasteiger partial charge is 0.377 e. The highest BCUT2D eigenvalue weighted by Gasteiger charge is 2.13. The number of hydrogen-bond acceptors (Lipinski definition) is 3. The molecule has 1 N–H and O–H groups in total. The molecular weight excluding hydrogens is 270 g/mol. The summed E-state index contributed by atoms with van der Waals surface area (Å²) >= 11 is 0. The predicted octanol–water partition coefficient (Wildman–Crippen LogP) is 4.59. The standard InChI is InChI=1S/C19H17N3/c1-13-7-3-4-8-16(13)14(2)22-19-15(11-20)12-21-18-10-6-5-9-17(18)19/h3-10,12,14H,1-2H3,(H,21,22). The molecule has 1 aromatic heterocycles. The predicted molar refractivity (Wildman–Crippen MR) is 89.7 cm³/mol. The fourth-order valence-electron chi connectivity index (χ4n) is 2.75. The van der Waals surface area contributed by atoms with Crippen molar-refractivity contribution in [3.8, 4) is 6.07 Å². The lowest BCUT2D eigenvalue weighted by molar-refractivity contribution is 0.875. The molecule has 0 aliphatic heterocycles. The molecule has 3 heteroatoms. The number of para-hydroxylation sites is 1. The monoisotopic (exact) mass is 287 g/mol. The second-order valence-electron chi connectivity index (χ2n) is 5.40. The summed E-state index contributed by atoms with van der Waals surface area (Å²) in [4.78, 5) is 4.35. The SMILES string of the molecule is Cc1ccccc1C(C)Nc1c(C#N)cnc2ccccc12. The molecule has 0 radical (unpaired) electrons. The smallest absolute Gasteiger partial charge is 0.103 e. The Morgan fingerprint density at radius 2 is 1.82 bits per heavy atom. The van der Waals surface area contributed by atoms with E-state index >= 15 is 0 Å². The first-order chi connectivity index (χ1) is 10.7. The molecule has 1 unspecified atom stereocenters. The summed E-state index contributed by atoms with van der Waals surface area (Å²) < 4.78 is 0. The van der Waals surface area contributed by atoms with E-state index < -0.39 is 0 Å². The van der Waals surface area contributed by atoms with Gasteiger partial charge >= 0.3 is 0 Å². The van der Waals surface area contributed by atoms with Crippen LogP contribution in [-0.4, -0.2) is 4.98 Å². The van der Waals surface area contributed by atoms with Crippen LogP contribution in [0.15, 0.2) is 54.7 Å². The van der Waals surface area contributed by atoms with Crippen LogP contribution in [0.3, 0.4) is 0 Å². The average Bonchev–Trinajstić information content (AvgIpc) is 2.55. The number of hydrogen-bond donors (Lipinski definition) is 1. The third-order valence-corrected chi connectivity index (χ3v) is 3.91. The molecule has 22 heavy (non-hydrogen) atoms. The molecule has 3 aromatic rings. The number of nitriles is 1. The quantitative estimate of drug-likeness (QED) is 0.766. The minimum atomic E-state index is 0.110. The van der Waals surface area contributed by atoms with Gasteiger partial charge in [0.25, 0.3) is 0 Å². The molecule has 3 nitrogen and oxygen atoms in total. The summed E-state index contributed by atoms with van der Waals surface area (Å²) in [7, 11) is 0. The van der Waals surface area contributed by atoms with Crippen molar-refractivity contribution in [1.82, 2.24) is 4.98 Å². The average molecular weight is 287 g/mol. The normalized spacial score (nSPS) is 11.9. The Kier molecular flexibility index (Phi) is 3.76. The number of anilines is 1. The van der Waals surface area contributed by atoms with Gasteiger partial charge in [-0.2, -0.15) is 5.26 Å². The molecule has 0 spiro atoms. The first-order valence-electron chi connectivity index (χ1n) is 7.30. The fourth-order valence-corrected chi connectivity index (χ4v) is 2.75. The van der Waals surface area contributed by atoms with Crippen LogP contribution >= 0.6 is 0 Å². The van der Waals surface area contributed by atoms with Crippen LogP contribution in [0.5, 0.6) is 0 Å². The molecular formula is C19H17N3. The summed E-state index contributed by atoms with van der Waals surface area (Å²) in [6.07, 6.45) is 1.63. The highest BCUT2D eigenvalue weighted by molar-refractivity contribution is 5.94. The number of nitrogens with one attached hydrogen (secondary N) is 1. The number of rotatable bonds is 3. The van der Waals surface area contributed by atoms with Crippen LogP contribution in [-0.2, 0) is 0 Å². The second-order valence-corrected chi connectivity index (χ2v) is 5.40. The van der Waals surface area contributed by atoms with Gasteiger partial charge in [-0.1, -0.05) is 42.5 Å². The Balaban J connectivity index is 2.07. The van der Waals surface area contributed by atoms with Crippen LogP contribution in [0, 0.1) is 18.3 Å². The lowest BCUT2D eigenvalue weighted by Crippen LogP contribution is -2.10. The van der Waals surface area contributed by atoms with Crippen molar-refractivity contribution in [3.63, 3.8) is 0 Å². The summed E-state index contributed by atoms with van der Waals surface area (Å²) in [6.45, 7) is 4.21. The lowest BCUT2D eigenvalue weighted by Gasteiger charge is -2.19. The summed E-state index contributed by atoms with van der Waals surface area (Å²) in [5.41, 5.74) is 4.77. The molecule has 1 heterocycles. The zero-order valence-electron chi connectivity index (χ0n) is 12.7. The first kappa shape index (κ1) is 14.1. The van der Waals surface area contributed by atoms with Gasteiger partial charge in [0.05, 0.1) is 16.8 Å². The maximum atomic E-state index is 9.39. The van der Waals surface area contributed by atoms with E-state index in [4.69, 9.17) is 0 Å². The van der Waals surface area contributed by atoms with Crippen LogP contribution in [0.4, 0.5) is 5.69 Å². The van der Waals surface area contributed by atoms with Gasteiger partial charge < -0.3 is 5.32 Å². The number of fused-ring (bicyclic) bond motifs is 1. The Hall–Kier alpha value is -2.86. The number of pyridine rings is 1. The van der Waals surface area contributed by atoms with Gasteiger partial charge in [0.15, 0.2) is 0 Å². The van der Waals surface area contributed by atoms with Crippen molar-refractivity contribution in [1.29, 1.82) is 5.26 Å². The topological polar surface area (TPSA) is 48.7 Å². The highest BCUT2D eigenvalue weighted by Crippen LogP contribution is 2.29. The van der Waals surface area contributed by atoms with Gasteiger partial charge in [-0.05, 0) is 31.0 Å². The number of aryl methyl sites for hydroxylation is 1. The van der Waals surface area contributed by atoms with Gasteiger partial charge in [-0.15, -0.1) is 0 Å². The molecule has 0 aliphatic rings. The van der Waals surface area contributed by atoms with Gasteiger partial charge in [0.1, 0.15) is 6.07 Å². The third kappa shape index (κ3) is 2.51. The Labute approximate surface area is 130 Å². The zero-order valence-corrected chi connectivity index (χ0v) is 12.7. The highest BCUT2D eigenvalue weighted by atomic mass is 14.9. The van der Waals surface area contributed by atoms with Crippen molar-refractivity contribution in [2.75, 3.05) is 5.32 Å². The Morgan fingerprint density at radius 1 is 1.09 bits per heavy atom. The van der Waals surface area contributed by atoms with Crippen LogP contribution in [0.2, 0.25) is 0 Å². The maximum Gasteiger partial charge on any atom is 0.103 e. The van der Waals surface area contributed by atoms with Gasteiger partial charge in [0, 0.05) is 17.6 Å². The van der Waals surface area contributed by atoms with Crippen molar-refractivity contribution in [3.05, 3.63) is 71.4 Å². The number of aromatic nitrogens is 1. The lowest BCUT2D eigenvalue weighted by atomic mass is 10.0. The minimum absolute atomic E-state index is 0.110. The van der Waals surface area contributed by atoms with Crippen molar-refractivity contribution in [2.45, 2.75) is 19.9 Å².